The molecule has 1 heterocycles. The highest BCUT2D eigenvalue weighted by molar-refractivity contribution is 6.04. The maximum atomic E-state index is 12.5. The van der Waals surface area contributed by atoms with Gasteiger partial charge in [-0.2, -0.15) is 5.10 Å². The maximum Gasteiger partial charge on any atom is 0.255 e. The van der Waals surface area contributed by atoms with Crippen molar-refractivity contribution in [2.45, 2.75) is 50.6 Å². The second-order valence-electron chi connectivity index (χ2n) is 7.17. The van der Waals surface area contributed by atoms with E-state index in [2.05, 4.69) is 34.8 Å². The summed E-state index contributed by atoms with van der Waals surface area (Å²) >= 11 is 0. The van der Waals surface area contributed by atoms with Crippen LogP contribution in [0.3, 0.4) is 0 Å². The van der Waals surface area contributed by atoms with E-state index in [0.717, 1.165) is 11.7 Å². The van der Waals surface area contributed by atoms with Gasteiger partial charge in [0.15, 0.2) is 0 Å². The molecule has 1 amide bonds. The lowest BCUT2D eigenvalue weighted by molar-refractivity contribution is 0.102. The Morgan fingerprint density at radius 2 is 2.17 bits per heavy atom. The van der Waals surface area contributed by atoms with Gasteiger partial charge in [-0.3, -0.25) is 9.48 Å². The first kappa shape index (κ1) is 15.4. The molecular weight excluding hydrogens is 300 g/mol. The second kappa shape index (κ2) is 6.06. The van der Waals surface area contributed by atoms with Crippen molar-refractivity contribution >= 4 is 11.6 Å². The second-order valence-corrected chi connectivity index (χ2v) is 7.17. The zero-order valence-corrected chi connectivity index (χ0v) is 14.2. The lowest BCUT2D eigenvalue weighted by Gasteiger charge is -2.26. The number of aryl methyl sites for hydroxylation is 2. The Morgan fingerprint density at radius 3 is 2.83 bits per heavy atom. The number of nitrogens with zero attached hydrogens (tertiary/aromatic N) is 2. The predicted octanol–water partition coefficient (Wildman–Crippen LogP) is 2.98. The summed E-state index contributed by atoms with van der Waals surface area (Å²) in [5.41, 5.74) is 4.02. The lowest BCUT2D eigenvalue weighted by atomic mass is 9.93. The topological polar surface area (TPSA) is 59.0 Å². The Balaban J connectivity index is 1.46. The molecule has 2 saturated carbocycles. The molecule has 2 aromatic rings. The molecule has 0 bridgehead atoms. The Bertz CT molecular complexity index is 762. The summed E-state index contributed by atoms with van der Waals surface area (Å²) in [4.78, 5) is 12.5. The number of aromatic nitrogens is 2. The monoisotopic (exact) mass is 324 g/mol. The minimum Gasteiger partial charge on any atom is -0.319 e. The molecule has 5 heteroatoms. The number of carbonyl (C=O) groups excluding carboxylic acids is 1. The molecule has 1 aromatic heterocycles. The van der Waals surface area contributed by atoms with Crippen molar-refractivity contribution in [1.29, 1.82) is 0 Å². The maximum absolute atomic E-state index is 12.5. The molecule has 1 aromatic carbocycles. The highest BCUT2D eigenvalue weighted by atomic mass is 16.1. The molecule has 0 radical (unpaired) electrons. The van der Waals surface area contributed by atoms with Crippen molar-refractivity contribution in [3.63, 3.8) is 0 Å². The summed E-state index contributed by atoms with van der Waals surface area (Å²) in [6.07, 6.45) is 8.63. The van der Waals surface area contributed by atoms with Gasteiger partial charge >= 0.3 is 0 Å². The van der Waals surface area contributed by atoms with E-state index in [1.165, 1.54) is 36.8 Å². The van der Waals surface area contributed by atoms with Gasteiger partial charge in [0.05, 0.1) is 11.9 Å². The fourth-order valence-electron chi connectivity index (χ4n) is 3.47. The third-order valence-corrected chi connectivity index (χ3v) is 5.25. The van der Waals surface area contributed by atoms with Crippen LogP contribution in [0.15, 0.2) is 30.6 Å². The van der Waals surface area contributed by atoms with E-state index in [9.17, 15) is 4.79 Å². The predicted molar refractivity (Wildman–Crippen MR) is 94.3 cm³/mol. The Morgan fingerprint density at radius 1 is 1.33 bits per heavy atom. The van der Waals surface area contributed by atoms with Crippen LogP contribution in [0.25, 0.3) is 0 Å². The first-order chi connectivity index (χ1) is 11.6. The molecule has 24 heavy (non-hydrogen) atoms. The van der Waals surface area contributed by atoms with Gasteiger partial charge in [-0.05, 0) is 49.4 Å². The molecular formula is C19H24N4O. The zero-order valence-electron chi connectivity index (χ0n) is 14.2. The Hall–Kier alpha value is -2.14. The van der Waals surface area contributed by atoms with Crippen LogP contribution in [0.4, 0.5) is 5.69 Å². The third kappa shape index (κ3) is 3.08. The summed E-state index contributed by atoms with van der Waals surface area (Å²) < 4.78 is 1.68. The van der Waals surface area contributed by atoms with E-state index in [1.807, 2.05) is 13.1 Å². The number of hydrogen-bond acceptors (Lipinski definition) is 3. The van der Waals surface area contributed by atoms with Gasteiger partial charge in [-0.15, -0.1) is 0 Å². The first-order valence-electron chi connectivity index (χ1n) is 8.77. The van der Waals surface area contributed by atoms with Gasteiger partial charge in [0, 0.05) is 36.8 Å². The van der Waals surface area contributed by atoms with Gasteiger partial charge in [0.25, 0.3) is 5.91 Å². The molecule has 2 unspecified atom stereocenters. The van der Waals surface area contributed by atoms with Crippen LogP contribution in [0.1, 0.15) is 53.1 Å². The number of nitrogens with one attached hydrogen (secondary N) is 2. The van der Waals surface area contributed by atoms with Gasteiger partial charge in [-0.1, -0.05) is 12.5 Å². The van der Waals surface area contributed by atoms with Crippen molar-refractivity contribution in [3.05, 3.63) is 47.3 Å². The molecule has 2 fully saturated rings. The zero-order chi connectivity index (χ0) is 16.7. The molecule has 0 spiro atoms. The average molecular weight is 324 g/mol. The summed E-state index contributed by atoms with van der Waals surface area (Å²) in [6.45, 7) is 2.14. The highest BCUT2D eigenvalue weighted by Gasteiger charge is 2.41. The van der Waals surface area contributed by atoms with Gasteiger partial charge in [0.1, 0.15) is 0 Å². The Labute approximate surface area is 142 Å². The number of carbonyl (C=O) groups is 1. The molecule has 0 aliphatic heterocycles. The summed E-state index contributed by atoms with van der Waals surface area (Å²) in [6, 6.07) is 7.34. The van der Waals surface area contributed by atoms with Crippen LogP contribution in [0, 0.1) is 6.92 Å². The molecule has 4 rings (SSSR count). The van der Waals surface area contributed by atoms with Crippen LogP contribution >= 0.6 is 0 Å². The van der Waals surface area contributed by atoms with Crippen molar-refractivity contribution < 1.29 is 4.79 Å². The summed E-state index contributed by atoms with van der Waals surface area (Å²) in [7, 11) is 1.84. The average Bonchev–Trinajstić information content (AvgIpc) is 3.17. The van der Waals surface area contributed by atoms with Crippen LogP contribution in [-0.4, -0.2) is 27.8 Å². The number of benzene rings is 1. The van der Waals surface area contributed by atoms with Crippen LogP contribution in [0.2, 0.25) is 0 Å². The molecule has 5 nitrogen and oxygen atoms in total. The van der Waals surface area contributed by atoms with Crippen molar-refractivity contribution in [1.82, 2.24) is 15.1 Å². The SMILES string of the molecule is Cc1ccc(C(=O)Nc2cnn(C)c2)cc1C1CC1NC1CCC1. The number of hydrogen-bond donors (Lipinski definition) is 2. The van der Waals surface area contributed by atoms with E-state index in [-0.39, 0.29) is 5.91 Å². The van der Waals surface area contributed by atoms with Crippen LogP contribution in [-0.2, 0) is 7.05 Å². The molecule has 2 aliphatic rings. The highest BCUT2D eigenvalue weighted by Crippen LogP contribution is 2.43. The standard InChI is InChI=1S/C19H24N4O/c1-12-6-7-13(19(24)22-15-10-20-23(2)11-15)8-16(12)17-9-18(17)21-14-4-3-5-14/h6-8,10-11,14,17-18,21H,3-5,9H2,1-2H3,(H,22,24). The molecule has 126 valence electrons. The number of amides is 1. The van der Waals surface area contributed by atoms with E-state index < -0.39 is 0 Å². The fourth-order valence-corrected chi connectivity index (χ4v) is 3.47. The van der Waals surface area contributed by atoms with Crippen LogP contribution in [0.5, 0.6) is 0 Å². The van der Waals surface area contributed by atoms with Gasteiger partial charge in [-0.25, -0.2) is 0 Å². The quantitative estimate of drug-likeness (QED) is 0.889. The van der Waals surface area contributed by atoms with Crippen molar-refractivity contribution in [2.75, 3.05) is 5.32 Å². The number of rotatable bonds is 5. The fraction of sp³-hybridized carbons (Fsp3) is 0.474. The molecule has 2 atom stereocenters. The van der Waals surface area contributed by atoms with Gasteiger partial charge in [0.2, 0.25) is 0 Å². The van der Waals surface area contributed by atoms with E-state index in [1.54, 1.807) is 17.1 Å². The minimum absolute atomic E-state index is 0.0756. The van der Waals surface area contributed by atoms with Crippen LogP contribution < -0.4 is 10.6 Å². The summed E-state index contributed by atoms with van der Waals surface area (Å²) in [5.74, 6) is 0.477. The largest absolute Gasteiger partial charge is 0.319 e. The van der Waals surface area contributed by atoms with E-state index in [4.69, 9.17) is 0 Å². The first-order valence-corrected chi connectivity index (χ1v) is 8.77. The molecule has 2 aliphatic carbocycles. The lowest BCUT2D eigenvalue weighted by Crippen LogP contribution is -2.37. The minimum atomic E-state index is -0.0756. The smallest absolute Gasteiger partial charge is 0.255 e. The normalized spacial score (nSPS) is 22.9. The third-order valence-electron chi connectivity index (χ3n) is 5.25. The number of anilines is 1. The van der Waals surface area contributed by atoms with E-state index in [0.29, 0.717) is 17.5 Å². The molecule has 0 saturated heterocycles. The Kier molecular flexibility index (Phi) is 3.88. The van der Waals surface area contributed by atoms with Crippen molar-refractivity contribution in [3.8, 4) is 0 Å². The summed E-state index contributed by atoms with van der Waals surface area (Å²) in [5, 5.41) is 10.7. The molecule has 2 N–H and O–H groups in total. The van der Waals surface area contributed by atoms with Gasteiger partial charge < -0.3 is 10.6 Å². The van der Waals surface area contributed by atoms with Crippen molar-refractivity contribution in [2.24, 2.45) is 7.05 Å². The van der Waals surface area contributed by atoms with E-state index >= 15 is 0 Å².